The van der Waals surface area contributed by atoms with Crippen LogP contribution in [0.3, 0.4) is 0 Å². The summed E-state index contributed by atoms with van der Waals surface area (Å²) in [6.45, 7) is 3.79. The fourth-order valence-corrected chi connectivity index (χ4v) is 2.62. The second kappa shape index (κ2) is 12.3. The molecule has 2 aromatic heterocycles. The van der Waals surface area contributed by atoms with Crippen molar-refractivity contribution in [2.24, 2.45) is 9.98 Å². The molecule has 0 unspecified atom stereocenters. The van der Waals surface area contributed by atoms with Crippen LogP contribution in [0.15, 0.2) is 58.4 Å². The SMILES string of the molecule is CCC=C(/N=C(\N=C(/C)c1cccc(C(F)(F)F)n1)NCCOC)Nc1ccnc(C(F)(F)F)c1. The first-order valence-electron chi connectivity index (χ1n) is 10.4. The lowest BCUT2D eigenvalue weighted by Gasteiger charge is -2.12. The van der Waals surface area contributed by atoms with Crippen molar-refractivity contribution in [2.75, 3.05) is 25.6 Å². The van der Waals surface area contributed by atoms with Crippen LogP contribution in [-0.4, -0.2) is 41.9 Å². The van der Waals surface area contributed by atoms with Crippen molar-refractivity contribution >= 4 is 17.4 Å². The summed E-state index contributed by atoms with van der Waals surface area (Å²) in [4.78, 5) is 15.5. The Bertz CT molecular complexity index is 1080. The Labute approximate surface area is 198 Å². The standard InChI is InChI=1S/C22H24F6N6O/c1-4-6-19(32-15-9-10-29-18(13-15)22(26,27)28)34-20(30-11-12-35-3)31-14(2)16-7-5-8-17(33-16)21(23,24)25/h5-10,13H,4,11-12H2,1-3H3,(H,29,32)(H,30,34)/b19-6?,31-14+. The lowest BCUT2D eigenvalue weighted by molar-refractivity contribution is -0.141. The normalized spacial score (nSPS) is 13.7. The van der Waals surface area contributed by atoms with Gasteiger partial charge in [0.1, 0.15) is 17.2 Å². The molecule has 0 amide bonds. The molecule has 0 aliphatic rings. The Balaban J connectivity index is 2.41. The van der Waals surface area contributed by atoms with Gasteiger partial charge in [0.15, 0.2) is 0 Å². The van der Waals surface area contributed by atoms with Crippen LogP contribution in [0.25, 0.3) is 0 Å². The molecule has 2 heterocycles. The number of rotatable bonds is 8. The maximum atomic E-state index is 13.0. The van der Waals surface area contributed by atoms with Crippen molar-refractivity contribution in [1.29, 1.82) is 0 Å². The van der Waals surface area contributed by atoms with E-state index in [9.17, 15) is 26.3 Å². The second-order valence-electron chi connectivity index (χ2n) is 7.01. The molecule has 190 valence electrons. The van der Waals surface area contributed by atoms with Crippen LogP contribution >= 0.6 is 0 Å². The zero-order valence-electron chi connectivity index (χ0n) is 19.1. The van der Waals surface area contributed by atoms with Gasteiger partial charge < -0.3 is 15.4 Å². The van der Waals surface area contributed by atoms with Crippen molar-refractivity contribution in [3.05, 3.63) is 65.5 Å². The van der Waals surface area contributed by atoms with E-state index in [1.165, 1.54) is 32.2 Å². The van der Waals surface area contributed by atoms with Crippen molar-refractivity contribution in [1.82, 2.24) is 15.3 Å². The van der Waals surface area contributed by atoms with Gasteiger partial charge in [-0.25, -0.2) is 9.98 Å². The third-order valence-corrected chi connectivity index (χ3v) is 4.22. The minimum atomic E-state index is -4.62. The van der Waals surface area contributed by atoms with Gasteiger partial charge in [-0.3, -0.25) is 4.98 Å². The zero-order chi connectivity index (χ0) is 26.1. The molecule has 0 radical (unpaired) electrons. The summed E-state index contributed by atoms with van der Waals surface area (Å²) in [5, 5.41) is 5.67. The van der Waals surface area contributed by atoms with Crippen LogP contribution < -0.4 is 10.6 Å². The summed E-state index contributed by atoms with van der Waals surface area (Å²) >= 11 is 0. The molecule has 0 saturated carbocycles. The molecule has 2 rings (SSSR count). The smallest absolute Gasteiger partial charge is 0.383 e. The summed E-state index contributed by atoms with van der Waals surface area (Å²) in [7, 11) is 1.48. The number of guanidine groups is 1. The first-order chi connectivity index (χ1) is 16.4. The molecule has 2 aromatic rings. The molecular weight excluding hydrogens is 478 g/mol. The van der Waals surface area contributed by atoms with Crippen LogP contribution in [-0.2, 0) is 17.1 Å². The van der Waals surface area contributed by atoms with E-state index in [1.54, 1.807) is 13.0 Å². The van der Waals surface area contributed by atoms with E-state index in [1.807, 2.05) is 0 Å². The molecule has 7 nitrogen and oxygen atoms in total. The van der Waals surface area contributed by atoms with Gasteiger partial charge in [-0.05, 0) is 43.7 Å². The number of hydrogen-bond donors (Lipinski definition) is 2. The largest absolute Gasteiger partial charge is 0.433 e. The lowest BCUT2D eigenvalue weighted by atomic mass is 10.2. The van der Waals surface area contributed by atoms with Gasteiger partial charge in [0.05, 0.1) is 18.0 Å². The Hall–Kier alpha value is -3.48. The number of halogens is 6. The minimum Gasteiger partial charge on any atom is -0.383 e. The molecule has 0 bridgehead atoms. The van der Waals surface area contributed by atoms with Crippen molar-refractivity contribution < 1.29 is 31.1 Å². The van der Waals surface area contributed by atoms with E-state index in [0.717, 1.165) is 18.3 Å². The van der Waals surface area contributed by atoms with Gasteiger partial charge in [0.25, 0.3) is 0 Å². The number of ether oxygens (including phenoxy) is 1. The van der Waals surface area contributed by atoms with Crippen LogP contribution in [0, 0.1) is 0 Å². The Morgan fingerprint density at radius 1 is 1.06 bits per heavy atom. The quantitative estimate of drug-likeness (QED) is 0.222. The van der Waals surface area contributed by atoms with E-state index >= 15 is 0 Å². The molecule has 0 aromatic carbocycles. The minimum absolute atomic E-state index is 0.00365. The van der Waals surface area contributed by atoms with Crippen LogP contribution in [0.1, 0.15) is 37.4 Å². The monoisotopic (exact) mass is 502 g/mol. The molecule has 0 spiro atoms. The second-order valence-corrected chi connectivity index (χ2v) is 7.01. The van der Waals surface area contributed by atoms with Crippen LogP contribution in [0.5, 0.6) is 0 Å². The fraction of sp³-hybridized carbons (Fsp3) is 0.364. The Morgan fingerprint density at radius 2 is 1.77 bits per heavy atom. The summed E-state index contributed by atoms with van der Waals surface area (Å²) in [6.07, 6.45) is -6.14. The molecular formula is C22H24F6N6O. The van der Waals surface area contributed by atoms with E-state index in [-0.39, 0.29) is 42.0 Å². The van der Waals surface area contributed by atoms with Crippen LogP contribution in [0.4, 0.5) is 32.0 Å². The summed E-state index contributed by atoms with van der Waals surface area (Å²) in [5.41, 5.74) is -1.93. The molecule has 0 saturated heterocycles. The van der Waals surface area contributed by atoms with Gasteiger partial charge in [-0.15, -0.1) is 0 Å². The van der Waals surface area contributed by atoms with Gasteiger partial charge in [0, 0.05) is 25.5 Å². The zero-order valence-corrected chi connectivity index (χ0v) is 19.1. The number of anilines is 1. The number of hydrogen-bond acceptors (Lipinski definition) is 5. The van der Waals surface area contributed by atoms with Gasteiger partial charge in [0.2, 0.25) is 5.96 Å². The summed E-state index contributed by atoms with van der Waals surface area (Å²) < 4.78 is 83.0. The predicted molar refractivity (Wildman–Crippen MR) is 120 cm³/mol. The highest BCUT2D eigenvalue weighted by Gasteiger charge is 2.33. The maximum absolute atomic E-state index is 13.0. The van der Waals surface area contributed by atoms with Gasteiger partial charge >= 0.3 is 12.4 Å². The van der Waals surface area contributed by atoms with Crippen molar-refractivity contribution in [3.8, 4) is 0 Å². The average Bonchev–Trinajstić information content (AvgIpc) is 2.78. The highest BCUT2D eigenvalue weighted by atomic mass is 19.4. The summed E-state index contributed by atoms with van der Waals surface area (Å²) in [5.74, 6) is 0.163. The van der Waals surface area contributed by atoms with Crippen LogP contribution in [0.2, 0.25) is 0 Å². The highest BCUT2D eigenvalue weighted by Crippen LogP contribution is 2.29. The van der Waals surface area contributed by atoms with Gasteiger partial charge in [-0.1, -0.05) is 13.0 Å². The number of nitrogens with zero attached hydrogens (tertiary/aromatic N) is 4. The summed E-state index contributed by atoms with van der Waals surface area (Å²) in [6, 6.07) is 5.60. The third-order valence-electron chi connectivity index (χ3n) is 4.22. The molecule has 13 heteroatoms. The van der Waals surface area contributed by atoms with Gasteiger partial charge in [-0.2, -0.15) is 31.3 Å². The number of alkyl halides is 6. The number of aliphatic imine (C=N–C) groups is 2. The molecule has 2 N–H and O–H groups in total. The van der Waals surface area contributed by atoms with Crippen molar-refractivity contribution in [2.45, 2.75) is 32.6 Å². The maximum Gasteiger partial charge on any atom is 0.433 e. The third kappa shape index (κ3) is 9.00. The van der Waals surface area contributed by atoms with E-state index in [0.29, 0.717) is 6.42 Å². The molecule has 0 aliphatic carbocycles. The molecule has 0 fully saturated rings. The highest BCUT2D eigenvalue weighted by molar-refractivity contribution is 6.04. The number of allylic oxidation sites excluding steroid dienone is 1. The number of nitrogens with one attached hydrogen (secondary N) is 2. The number of methoxy groups -OCH3 is 1. The molecule has 0 atom stereocenters. The van der Waals surface area contributed by atoms with E-state index < -0.39 is 23.7 Å². The fourth-order valence-electron chi connectivity index (χ4n) is 2.62. The molecule has 35 heavy (non-hydrogen) atoms. The lowest BCUT2D eigenvalue weighted by Crippen LogP contribution is -2.27. The number of aromatic nitrogens is 2. The topological polar surface area (TPSA) is 83.8 Å². The first-order valence-corrected chi connectivity index (χ1v) is 10.4. The molecule has 0 aliphatic heterocycles. The number of pyridine rings is 2. The van der Waals surface area contributed by atoms with E-state index in [2.05, 4.69) is 30.6 Å². The predicted octanol–water partition coefficient (Wildman–Crippen LogP) is 5.28. The Morgan fingerprint density at radius 3 is 2.40 bits per heavy atom. The first kappa shape index (κ1) is 27.8. The van der Waals surface area contributed by atoms with Crippen molar-refractivity contribution in [3.63, 3.8) is 0 Å². The average molecular weight is 502 g/mol. The van der Waals surface area contributed by atoms with E-state index in [4.69, 9.17) is 4.74 Å². The Kier molecular flexibility index (Phi) is 9.75.